The number of halogens is 3. The van der Waals surface area contributed by atoms with E-state index in [-0.39, 0.29) is 17.6 Å². The molecule has 1 aromatic rings. The summed E-state index contributed by atoms with van der Waals surface area (Å²) in [5, 5.41) is 0. The minimum absolute atomic E-state index is 0.107. The van der Waals surface area contributed by atoms with Gasteiger partial charge in [-0.1, -0.05) is 12.1 Å². The molecule has 1 fully saturated rings. The van der Waals surface area contributed by atoms with Crippen LogP contribution in [0.5, 0.6) is 0 Å². The molecule has 1 aromatic heterocycles. The fraction of sp³-hybridized carbons (Fsp3) is 0.556. The highest BCUT2D eigenvalue weighted by atomic mass is 19.4. The van der Waals surface area contributed by atoms with E-state index in [1.165, 1.54) is 12.1 Å². The first-order chi connectivity index (χ1) is 11.6. The third-order valence-electron chi connectivity index (χ3n) is 4.42. The van der Waals surface area contributed by atoms with E-state index in [0.29, 0.717) is 12.0 Å². The molecule has 2 unspecified atom stereocenters. The van der Waals surface area contributed by atoms with E-state index in [0.717, 1.165) is 19.0 Å². The molecule has 1 saturated heterocycles. The minimum atomic E-state index is -4.50. The lowest BCUT2D eigenvalue weighted by atomic mass is 9.93. The van der Waals surface area contributed by atoms with Crippen LogP contribution < -0.4 is 0 Å². The minimum Gasteiger partial charge on any atom is -0.444 e. The largest absolute Gasteiger partial charge is 0.444 e. The van der Waals surface area contributed by atoms with Gasteiger partial charge in [0.1, 0.15) is 5.60 Å². The number of hydrogen-bond donors (Lipinski definition) is 0. The molecule has 4 nitrogen and oxygen atoms in total. The number of carbonyl (C=O) groups excluding carboxylic acids is 1. The van der Waals surface area contributed by atoms with Gasteiger partial charge in [0.15, 0.2) is 5.69 Å². The predicted octanol–water partition coefficient (Wildman–Crippen LogP) is 4.66. The van der Waals surface area contributed by atoms with E-state index >= 15 is 0 Å². The van der Waals surface area contributed by atoms with Crippen LogP contribution in [0.1, 0.15) is 51.3 Å². The van der Waals surface area contributed by atoms with Gasteiger partial charge in [-0.25, -0.2) is 4.79 Å². The van der Waals surface area contributed by atoms with Gasteiger partial charge in [0.25, 0.3) is 0 Å². The molecular weight excluding hydrogens is 333 g/mol. The molecule has 3 heterocycles. The van der Waals surface area contributed by atoms with Crippen LogP contribution in [0.2, 0.25) is 0 Å². The van der Waals surface area contributed by atoms with Gasteiger partial charge in [-0.2, -0.15) is 13.2 Å². The molecule has 0 spiro atoms. The number of nitrogens with zero attached hydrogens (tertiary/aromatic N) is 2. The lowest BCUT2D eigenvalue weighted by Crippen LogP contribution is -2.45. The Morgan fingerprint density at radius 3 is 2.60 bits per heavy atom. The van der Waals surface area contributed by atoms with Crippen LogP contribution in [0.3, 0.4) is 0 Å². The monoisotopic (exact) mass is 354 g/mol. The first-order valence-electron chi connectivity index (χ1n) is 8.31. The number of rotatable bonds is 1. The zero-order valence-electron chi connectivity index (χ0n) is 14.4. The van der Waals surface area contributed by atoms with Crippen LogP contribution in [0.15, 0.2) is 24.4 Å². The van der Waals surface area contributed by atoms with Crippen molar-refractivity contribution in [2.75, 3.05) is 0 Å². The molecule has 0 N–H and O–H groups in total. The Labute approximate surface area is 144 Å². The third kappa shape index (κ3) is 3.65. The number of ether oxygens (including phenoxy) is 1. The summed E-state index contributed by atoms with van der Waals surface area (Å²) in [6.07, 6.45) is -0.126. The van der Waals surface area contributed by atoms with Crippen molar-refractivity contribution >= 4 is 11.7 Å². The molecule has 0 aromatic carbocycles. The Kier molecular flexibility index (Phi) is 4.29. The number of amides is 1. The van der Waals surface area contributed by atoms with E-state index < -0.39 is 23.6 Å². The van der Waals surface area contributed by atoms with Crippen LogP contribution in [0, 0.1) is 0 Å². The fourth-order valence-electron chi connectivity index (χ4n) is 3.52. The summed E-state index contributed by atoms with van der Waals surface area (Å²) >= 11 is 0. The normalized spacial score (nSPS) is 23.4. The van der Waals surface area contributed by atoms with Crippen LogP contribution in [0.25, 0.3) is 5.57 Å². The van der Waals surface area contributed by atoms with Crippen molar-refractivity contribution in [1.29, 1.82) is 0 Å². The summed E-state index contributed by atoms with van der Waals surface area (Å²) < 4.78 is 45.1. The van der Waals surface area contributed by atoms with E-state index in [9.17, 15) is 18.0 Å². The second-order valence-electron chi connectivity index (χ2n) is 7.48. The van der Waals surface area contributed by atoms with Gasteiger partial charge in [0, 0.05) is 17.8 Å². The van der Waals surface area contributed by atoms with Gasteiger partial charge in [-0.15, -0.1) is 0 Å². The summed E-state index contributed by atoms with van der Waals surface area (Å²) in [4.78, 5) is 17.6. The molecule has 136 valence electrons. The third-order valence-corrected chi connectivity index (χ3v) is 4.42. The summed E-state index contributed by atoms with van der Waals surface area (Å²) in [7, 11) is 0. The maximum Gasteiger partial charge on any atom is 0.433 e. The Hall–Kier alpha value is -2.05. The highest BCUT2D eigenvalue weighted by Gasteiger charge is 2.43. The Morgan fingerprint density at radius 1 is 1.28 bits per heavy atom. The smallest absolute Gasteiger partial charge is 0.433 e. The Morgan fingerprint density at radius 2 is 2.00 bits per heavy atom. The first-order valence-corrected chi connectivity index (χ1v) is 8.31. The summed E-state index contributed by atoms with van der Waals surface area (Å²) in [5.41, 5.74) is -0.761. The average molecular weight is 354 g/mol. The molecular formula is C18H21F3N2O2. The summed E-state index contributed by atoms with van der Waals surface area (Å²) in [5.74, 6) is 0. The predicted molar refractivity (Wildman–Crippen MR) is 86.7 cm³/mol. The highest BCUT2D eigenvalue weighted by Crippen LogP contribution is 2.42. The van der Waals surface area contributed by atoms with Gasteiger partial charge >= 0.3 is 12.3 Å². The van der Waals surface area contributed by atoms with Crippen LogP contribution >= 0.6 is 0 Å². The quantitative estimate of drug-likeness (QED) is 0.737. The van der Waals surface area contributed by atoms with Gasteiger partial charge in [0.2, 0.25) is 0 Å². The lowest BCUT2D eigenvalue weighted by molar-refractivity contribution is -0.141. The van der Waals surface area contributed by atoms with Crippen LogP contribution in [-0.4, -0.2) is 33.7 Å². The number of alkyl halides is 3. The molecule has 2 atom stereocenters. The highest BCUT2D eigenvalue weighted by molar-refractivity contribution is 5.76. The molecule has 2 aliphatic heterocycles. The number of fused-ring (bicyclic) bond motifs is 2. The van der Waals surface area contributed by atoms with E-state index in [4.69, 9.17) is 4.74 Å². The number of hydrogen-bond acceptors (Lipinski definition) is 3. The molecule has 0 radical (unpaired) electrons. The van der Waals surface area contributed by atoms with E-state index in [1.54, 1.807) is 31.7 Å². The molecule has 0 aliphatic carbocycles. The molecule has 1 amide bonds. The van der Waals surface area contributed by atoms with E-state index in [1.807, 2.05) is 0 Å². The number of pyridine rings is 1. The Balaban J connectivity index is 1.90. The molecule has 7 heteroatoms. The maximum atomic E-state index is 13.2. The van der Waals surface area contributed by atoms with Crippen molar-refractivity contribution < 1.29 is 22.7 Å². The molecule has 2 aliphatic rings. The molecule has 25 heavy (non-hydrogen) atoms. The standard InChI is InChI=1S/C18H21F3N2O2/c1-17(2,3)25-16(24)23-12-6-7-13(23)10-11(9-12)14-5-4-8-22-15(14)18(19,20)21/h4-5,8-9,12-13H,6-7,10H2,1-3H3. The van der Waals surface area contributed by atoms with Crippen molar-refractivity contribution in [2.24, 2.45) is 0 Å². The van der Waals surface area contributed by atoms with Gasteiger partial charge in [-0.3, -0.25) is 9.88 Å². The molecule has 2 bridgehead atoms. The first kappa shape index (κ1) is 17.8. The number of carbonyl (C=O) groups is 1. The molecule has 0 saturated carbocycles. The SMILES string of the molecule is CC(C)(C)OC(=O)N1C2C=C(c3cccnc3C(F)(F)F)CC1CC2. The van der Waals surface area contributed by atoms with Crippen LogP contribution in [-0.2, 0) is 10.9 Å². The van der Waals surface area contributed by atoms with Crippen molar-refractivity contribution in [3.63, 3.8) is 0 Å². The van der Waals surface area contributed by atoms with Crippen molar-refractivity contribution in [3.05, 3.63) is 35.7 Å². The maximum absolute atomic E-state index is 13.2. The van der Waals surface area contributed by atoms with Crippen molar-refractivity contribution in [3.8, 4) is 0 Å². The fourth-order valence-corrected chi connectivity index (χ4v) is 3.52. The average Bonchev–Trinajstić information content (AvgIpc) is 2.75. The number of aromatic nitrogens is 1. The van der Waals surface area contributed by atoms with E-state index in [2.05, 4.69) is 4.98 Å². The topological polar surface area (TPSA) is 42.4 Å². The second-order valence-corrected chi connectivity index (χ2v) is 7.48. The molecule has 3 rings (SSSR count). The second kappa shape index (κ2) is 6.04. The van der Waals surface area contributed by atoms with Crippen LogP contribution in [0.4, 0.5) is 18.0 Å². The summed E-state index contributed by atoms with van der Waals surface area (Å²) in [6, 6.07) is 2.59. The summed E-state index contributed by atoms with van der Waals surface area (Å²) in [6.45, 7) is 5.38. The van der Waals surface area contributed by atoms with Gasteiger partial charge in [0.05, 0.1) is 6.04 Å². The van der Waals surface area contributed by atoms with Gasteiger partial charge < -0.3 is 4.74 Å². The van der Waals surface area contributed by atoms with Crippen molar-refractivity contribution in [2.45, 2.75) is 63.9 Å². The van der Waals surface area contributed by atoms with Crippen molar-refractivity contribution in [1.82, 2.24) is 9.88 Å². The Bertz CT molecular complexity index is 707. The zero-order valence-corrected chi connectivity index (χ0v) is 14.4. The lowest BCUT2D eigenvalue weighted by Gasteiger charge is -2.35. The van der Waals surface area contributed by atoms with Gasteiger partial charge in [-0.05, 0) is 51.7 Å². The zero-order chi connectivity index (χ0) is 18.4.